The molecule has 124 valence electrons. The lowest BCUT2D eigenvalue weighted by molar-refractivity contribution is 0.0253. The predicted molar refractivity (Wildman–Crippen MR) is 84.0 cm³/mol. The molecular weight excluding hydrogens is 282 g/mol. The number of rotatable bonds is 5. The van der Waals surface area contributed by atoms with Crippen LogP contribution in [0.5, 0.6) is 0 Å². The summed E-state index contributed by atoms with van der Waals surface area (Å²) < 4.78 is 10.4. The normalized spacial score (nSPS) is 18.0. The van der Waals surface area contributed by atoms with E-state index in [2.05, 4.69) is 24.2 Å². The number of hydrogen-bond donors (Lipinski definition) is 0. The molecule has 2 rings (SSSR count). The molecular formula is C16H27N3O3. The number of nitrogens with zero attached hydrogens (tertiary/aromatic N) is 3. The number of carbonyl (C=O) groups excluding carboxylic acids is 1. The minimum absolute atomic E-state index is 0.0374. The topological polar surface area (TPSA) is 58.8 Å². The van der Waals surface area contributed by atoms with E-state index in [0.717, 1.165) is 39.0 Å². The number of methoxy groups -OCH3 is 1. The third-order valence-corrected chi connectivity index (χ3v) is 4.95. The lowest BCUT2D eigenvalue weighted by Crippen LogP contribution is -2.54. The van der Waals surface area contributed by atoms with Crippen LogP contribution in [0.1, 0.15) is 41.1 Å². The molecule has 0 bridgehead atoms. The number of carbonyl (C=O) groups is 1. The van der Waals surface area contributed by atoms with Crippen molar-refractivity contribution in [3.8, 4) is 0 Å². The quantitative estimate of drug-likeness (QED) is 0.831. The Balaban J connectivity index is 2.06. The Labute approximate surface area is 132 Å². The summed E-state index contributed by atoms with van der Waals surface area (Å²) in [6.45, 7) is 5.86. The molecule has 1 fully saturated rings. The van der Waals surface area contributed by atoms with Crippen molar-refractivity contribution >= 4 is 5.91 Å². The molecule has 0 atom stereocenters. The lowest BCUT2D eigenvalue weighted by atomic mass is 9.83. The van der Waals surface area contributed by atoms with E-state index in [4.69, 9.17) is 9.26 Å². The smallest absolute Gasteiger partial charge is 0.259 e. The van der Waals surface area contributed by atoms with Crippen LogP contribution < -0.4 is 0 Å². The number of hydrogen-bond acceptors (Lipinski definition) is 5. The lowest BCUT2D eigenvalue weighted by Gasteiger charge is -2.46. The van der Waals surface area contributed by atoms with Gasteiger partial charge in [-0.25, -0.2) is 0 Å². The Kier molecular flexibility index (Phi) is 5.24. The minimum atomic E-state index is 0.0374. The first-order chi connectivity index (χ1) is 10.4. The Morgan fingerprint density at radius 1 is 1.36 bits per heavy atom. The number of likely N-dealkylation sites (tertiary alicyclic amines) is 1. The van der Waals surface area contributed by atoms with Gasteiger partial charge in [-0.3, -0.25) is 4.79 Å². The van der Waals surface area contributed by atoms with Crippen molar-refractivity contribution in [2.24, 2.45) is 0 Å². The average Bonchev–Trinajstić information content (AvgIpc) is 2.84. The predicted octanol–water partition coefficient (Wildman–Crippen LogP) is 1.86. The molecule has 0 spiro atoms. The van der Waals surface area contributed by atoms with E-state index in [1.54, 1.807) is 14.0 Å². The van der Waals surface area contributed by atoms with Gasteiger partial charge in [0.05, 0.1) is 5.69 Å². The molecule has 6 nitrogen and oxygen atoms in total. The molecule has 0 saturated carbocycles. The van der Waals surface area contributed by atoms with Gasteiger partial charge in [-0.2, -0.15) is 0 Å². The van der Waals surface area contributed by atoms with Crippen LogP contribution in [0.25, 0.3) is 0 Å². The fraction of sp³-hybridized carbons (Fsp3) is 0.750. The molecule has 0 N–H and O–H groups in total. The molecule has 0 unspecified atom stereocenters. The van der Waals surface area contributed by atoms with Crippen LogP contribution in [0.15, 0.2) is 4.52 Å². The summed E-state index contributed by atoms with van der Waals surface area (Å²) in [6, 6.07) is 0. The van der Waals surface area contributed by atoms with Crippen LogP contribution in [0, 0.1) is 13.8 Å². The van der Waals surface area contributed by atoms with Crippen molar-refractivity contribution in [2.45, 2.75) is 38.6 Å². The van der Waals surface area contributed by atoms with Gasteiger partial charge in [0.25, 0.3) is 5.91 Å². The van der Waals surface area contributed by atoms with Crippen LogP contribution in [-0.4, -0.2) is 67.3 Å². The molecule has 1 amide bonds. The van der Waals surface area contributed by atoms with Gasteiger partial charge in [-0.05, 0) is 47.2 Å². The molecule has 1 aromatic heterocycles. The van der Waals surface area contributed by atoms with Crippen LogP contribution in [0.4, 0.5) is 0 Å². The number of ether oxygens (including phenoxy) is 1. The molecule has 0 aliphatic carbocycles. The highest BCUT2D eigenvalue weighted by Crippen LogP contribution is 2.31. The molecule has 1 aliphatic rings. The van der Waals surface area contributed by atoms with E-state index in [-0.39, 0.29) is 11.4 Å². The first-order valence-electron chi connectivity index (χ1n) is 7.80. The van der Waals surface area contributed by atoms with Gasteiger partial charge in [0.2, 0.25) is 0 Å². The Hall–Kier alpha value is -1.40. The Bertz CT molecular complexity index is 497. The Morgan fingerprint density at radius 2 is 2.00 bits per heavy atom. The van der Waals surface area contributed by atoms with Gasteiger partial charge in [-0.1, -0.05) is 5.16 Å². The maximum Gasteiger partial charge on any atom is 0.259 e. The van der Waals surface area contributed by atoms with E-state index in [0.29, 0.717) is 17.0 Å². The van der Waals surface area contributed by atoms with E-state index in [9.17, 15) is 4.79 Å². The van der Waals surface area contributed by atoms with Crippen molar-refractivity contribution in [1.29, 1.82) is 0 Å². The largest absolute Gasteiger partial charge is 0.385 e. The summed E-state index contributed by atoms with van der Waals surface area (Å²) in [7, 11) is 5.96. The highest BCUT2D eigenvalue weighted by molar-refractivity contribution is 5.96. The summed E-state index contributed by atoms with van der Waals surface area (Å²) in [6.07, 6.45) is 2.90. The van der Waals surface area contributed by atoms with Crippen molar-refractivity contribution in [3.63, 3.8) is 0 Å². The monoisotopic (exact) mass is 309 g/mol. The van der Waals surface area contributed by atoms with Crippen LogP contribution in [0.2, 0.25) is 0 Å². The van der Waals surface area contributed by atoms with E-state index >= 15 is 0 Å². The van der Waals surface area contributed by atoms with Gasteiger partial charge in [0, 0.05) is 32.3 Å². The summed E-state index contributed by atoms with van der Waals surface area (Å²) in [5.74, 6) is 0.640. The third-order valence-electron chi connectivity index (χ3n) is 4.95. The number of amides is 1. The van der Waals surface area contributed by atoms with E-state index < -0.39 is 0 Å². The number of aryl methyl sites for hydroxylation is 2. The second kappa shape index (κ2) is 6.79. The molecule has 22 heavy (non-hydrogen) atoms. The molecule has 1 saturated heterocycles. The molecule has 1 aromatic rings. The maximum absolute atomic E-state index is 12.7. The zero-order valence-electron chi connectivity index (χ0n) is 14.3. The summed E-state index contributed by atoms with van der Waals surface area (Å²) in [5, 5.41) is 3.88. The Morgan fingerprint density at radius 3 is 2.45 bits per heavy atom. The van der Waals surface area contributed by atoms with Gasteiger partial charge >= 0.3 is 0 Å². The summed E-state index contributed by atoms with van der Waals surface area (Å²) in [5.41, 5.74) is 1.41. The average molecular weight is 309 g/mol. The highest BCUT2D eigenvalue weighted by Gasteiger charge is 2.38. The van der Waals surface area contributed by atoms with E-state index in [1.807, 2.05) is 11.8 Å². The molecule has 1 aliphatic heterocycles. The summed E-state index contributed by atoms with van der Waals surface area (Å²) >= 11 is 0. The van der Waals surface area contributed by atoms with Crippen molar-refractivity contribution in [2.75, 3.05) is 40.9 Å². The van der Waals surface area contributed by atoms with Gasteiger partial charge in [-0.15, -0.1) is 0 Å². The molecule has 2 heterocycles. The van der Waals surface area contributed by atoms with Crippen molar-refractivity contribution < 1.29 is 14.1 Å². The van der Waals surface area contributed by atoms with Crippen molar-refractivity contribution in [1.82, 2.24) is 15.0 Å². The second-order valence-corrected chi connectivity index (χ2v) is 6.35. The van der Waals surface area contributed by atoms with Crippen LogP contribution in [-0.2, 0) is 4.74 Å². The molecule has 6 heteroatoms. The highest BCUT2D eigenvalue weighted by atomic mass is 16.5. The standard InChI is InChI=1S/C16H27N3O3/c1-12-14(13(2)22-17-12)15(20)19-9-6-16(7-10-19,18(3)4)8-11-21-5/h6-11H2,1-5H3. The third kappa shape index (κ3) is 3.17. The first kappa shape index (κ1) is 17.0. The zero-order valence-corrected chi connectivity index (χ0v) is 14.3. The summed E-state index contributed by atoms with van der Waals surface area (Å²) in [4.78, 5) is 16.9. The van der Waals surface area contributed by atoms with Crippen LogP contribution in [0.3, 0.4) is 0 Å². The molecule has 0 aromatic carbocycles. The van der Waals surface area contributed by atoms with E-state index in [1.165, 1.54) is 0 Å². The second-order valence-electron chi connectivity index (χ2n) is 6.35. The fourth-order valence-corrected chi connectivity index (χ4v) is 3.29. The molecule has 0 radical (unpaired) electrons. The maximum atomic E-state index is 12.7. The number of aromatic nitrogens is 1. The first-order valence-corrected chi connectivity index (χ1v) is 7.80. The number of piperidine rings is 1. The van der Waals surface area contributed by atoms with Crippen molar-refractivity contribution in [3.05, 3.63) is 17.0 Å². The van der Waals surface area contributed by atoms with Gasteiger partial charge < -0.3 is 19.1 Å². The SMILES string of the molecule is COCCC1(N(C)C)CCN(C(=O)c2c(C)noc2C)CC1. The minimum Gasteiger partial charge on any atom is -0.385 e. The zero-order chi connectivity index (χ0) is 16.3. The van der Waals surface area contributed by atoms with Gasteiger partial charge in [0.15, 0.2) is 0 Å². The van der Waals surface area contributed by atoms with Crippen LogP contribution >= 0.6 is 0 Å². The fourth-order valence-electron chi connectivity index (χ4n) is 3.29. The van der Waals surface area contributed by atoms with Gasteiger partial charge in [0.1, 0.15) is 11.3 Å².